The molecular weight excluding hydrogens is 536 g/mol. The van der Waals surface area contributed by atoms with Gasteiger partial charge in [-0.3, -0.25) is 4.79 Å². The molecule has 5 rings (SSSR count). The molecule has 0 atom stereocenters. The fraction of sp³-hybridized carbons (Fsp3) is 0.132. The number of benzene rings is 5. The Labute approximate surface area is 253 Å². The zero-order valence-corrected chi connectivity index (χ0v) is 24.5. The lowest BCUT2D eigenvalue weighted by molar-refractivity contribution is 0.104. The van der Waals surface area contributed by atoms with E-state index in [2.05, 4.69) is 0 Å². The number of carbonyl (C=O) groups is 1. The second-order valence-electron chi connectivity index (χ2n) is 9.40. The first-order valence-corrected chi connectivity index (χ1v) is 14.3. The summed E-state index contributed by atoms with van der Waals surface area (Å²) in [6.45, 7) is 5.03. The summed E-state index contributed by atoms with van der Waals surface area (Å²) in [4.78, 5) is 13.3. The van der Waals surface area contributed by atoms with Crippen molar-refractivity contribution in [1.82, 2.24) is 0 Å². The molecule has 0 aliphatic rings. The van der Waals surface area contributed by atoms with E-state index in [1.54, 1.807) is 12.1 Å². The van der Waals surface area contributed by atoms with Crippen molar-refractivity contribution in [3.8, 4) is 23.0 Å². The fourth-order valence-corrected chi connectivity index (χ4v) is 4.17. The molecule has 0 amide bonds. The number of ether oxygens (including phenoxy) is 3. The van der Waals surface area contributed by atoms with Crippen molar-refractivity contribution < 1.29 is 24.1 Å². The van der Waals surface area contributed by atoms with Gasteiger partial charge in [-0.05, 0) is 40.5 Å². The van der Waals surface area contributed by atoms with E-state index in [1.165, 1.54) is 12.1 Å². The Morgan fingerprint density at radius 2 is 1.07 bits per heavy atom. The van der Waals surface area contributed by atoms with Gasteiger partial charge in [0, 0.05) is 12.1 Å². The lowest BCUT2D eigenvalue weighted by Gasteiger charge is -2.14. The Hall–Kier alpha value is -5.29. The second-order valence-corrected chi connectivity index (χ2v) is 9.40. The van der Waals surface area contributed by atoms with Crippen LogP contribution < -0.4 is 14.2 Å². The van der Waals surface area contributed by atoms with Crippen molar-refractivity contribution in [2.45, 2.75) is 33.7 Å². The van der Waals surface area contributed by atoms with E-state index >= 15 is 0 Å². The first kappa shape index (κ1) is 30.7. The highest BCUT2D eigenvalue weighted by Crippen LogP contribution is 2.35. The highest BCUT2D eigenvalue weighted by Gasteiger charge is 2.19. The van der Waals surface area contributed by atoms with Crippen molar-refractivity contribution in [1.29, 1.82) is 0 Å². The fourth-order valence-electron chi connectivity index (χ4n) is 4.17. The number of phenolic OH excluding ortho intramolecular Hbond substituents is 1. The molecule has 0 aliphatic heterocycles. The van der Waals surface area contributed by atoms with E-state index in [0.29, 0.717) is 19.0 Å². The predicted octanol–water partition coefficient (Wildman–Crippen LogP) is 9.05. The van der Waals surface area contributed by atoms with Gasteiger partial charge in [0.25, 0.3) is 0 Å². The molecule has 0 aliphatic carbocycles. The lowest BCUT2D eigenvalue weighted by Crippen LogP contribution is -2.04. The molecule has 0 unspecified atom stereocenters. The smallest absolute Gasteiger partial charge is 0.193 e. The van der Waals surface area contributed by atoms with Crippen LogP contribution in [0.5, 0.6) is 23.0 Å². The van der Waals surface area contributed by atoms with Gasteiger partial charge in [-0.15, -0.1) is 0 Å². The van der Waals surface area contributed by atoms with Crippen molar-refractivity contribution in [2.75, 3.05) is 0 Å². The number of hydrogen-bond donors (Lipinski definition) is 1. The third-order valence-electron chi connectivity index (χ3n) is 6.34. The highest BCUT2D eigenvalue weighted by molar-refractivity contribution is 6.10. The summed E-state index contributed by atoms with van der Waals surface area (Å²) in [6, 6.07) is 39.8. The molecule has 43 heavy (non-hydrogen) atoms. The summed E-state index contributed by atoms with van der Waals surface area (Å²) in [5.41, 5.74) is 3.90. The molecule has 5 nitrogen and oxygen atoms in total. The van der Waals surface area contributed by atoms with E-state index in [9.17, 15) is 9.90 Å². The summed E-state index contributed by atoms with van der Waals surface area (Å²) in [7, 11) is 0. The number of ketones is 1. The molecule has 0 radical (unpaired) electrons. The number of aromatic hydroxyl groups is 1. The van der Waals surface area contributed by atoms with Gasteiger partial charge in [0.1, 0.15) is 48.4 Å². The predicted molar refractivity (Wildman–Crippen MR) is 172 cm³/mol. The Kier molecular flexibility index (Phi) is 11.6. The molecular formula is C38H36O5. The van der Waals surface area contributed by atoms with E-state index in [-0.39, 0.29) is 29.5 Å². The molecule has 0 spiro atoms. The molecule has 0 heterocycles. The maximum absolute atomic E-state index is 13.3. The minimum absolute atomic E-state index is 0.0760. The minimum atomic E-state index is -0.385. The Balaban J connectivity index is 0.00000207. The average Bonchev–Trinajstić information content (AvgIpc) is 3.07. The maximum atomic E-state index is 13.3. The number of carbonyl (C=O) groups excluding carboxylic acids is 1. The van der Waals surface area contributed by atoms with Crippen molar-refractivity contribution in [3.63, 3.8) is 0 Å². The molecule has 1 N–H and O–H groups in total. The van der Waals surface area contributed by atoms with Crippen molar-refractivity contribution in [2.24, 2.45) is 0 Å². The molecule has 218 valence electrons. The summed E-state index contributed by atoms with van der Waals surface area (Å²) >= 11 is 0. The molecule has 5 aromatic carbocycles. The van der Waals surface area contributed by atoms with Crippen molar-refractivity contribution >= 4 is 11.9 Å². The van der Waals surface area contributed by atoms with Crippen LogP contribution >= 0.6 is 0 Å². The lowest BCUT2D eigenvalue weighted by atomic mass is 10.1. The van der Waals surface area contributed by atoms with Crippen LogP contribution in [0.1, 0.15) is 46.5 Å². The van der Waals surface area contributed by atoms with Crippen LogP contribution in [0.15, 0.2) is 133 Å². The van der Waals surface area contributed by atoms with Crippen LogP contribution in [-0.2, 0) is 19.8 Å². The normalized spacial score (nSPS) is 10.5. The molecule has 0 saturated heterocycles. The Morgan fingerprint density at radius 1 is 0.605 bits per heavy atom. The number of rotatable bonds is 12. The third-order valence-corrected chi connectivity index (χ3v) is 6.34. The van der Waals surface area contributed by atoms with Gasteiger partial charge in [0.15, 0.2) is 5.78 Å². The standard InChI is InChI=1S/C36H30O5.C2H6/c37-33(21-18-27-16-19-31(20-17-27)39-24-28-10-4-1-5-11-28)36-34(38)22-32(40-25-29-12-6-2-7-13-29)23-35(36)41-26-30-14-8-3-9-15-30;1-2/h1-23,38H,24-26H2;1-2H3/b21-18+;. The summed E-state index contributed by atoms with van der Waals surface area (Å²) in [5.74, 6) is 0.789. The Morgan fingerprint density at radius 3 is 1.58 bits per heavy atom. The summed E-state index contributed by atoms with van der Waals surface area (Å²) in [6.07, 6.45) is 3.12. The third kappa shape index (κ3) is 9.37. The van der Waals surface area contributed by atoms with Gasteiger partial charge in [0.2, 0.25) is 0 Å². The topological polar surface area (TPSA) is 65.0 Å². The van der Waals surface area contributed by atoms with Crippen LogP contribution in [0.25, 0.3) is 6.08 Å². The quantitative estimate of drug-likeness (QED) is 0.119. The van der Waals surface area contributed by atoms with E-state index in [4.69, 9.17) is 14.2 Å². The van der Waals surface area contributed by atoms with Crippen LogP contribution in [0.2, 0.25) is 0 Å². The zero-order chi connectivity index (χ0) is 30.3. The maximum Gasteiger partial charge on any atom is 0.193 e. The zero-order valence-electron chi connectivity index (χ0n) is 24.5. The van der Waals surface area contributed by atoms with Crippen LogP contribution in [-0.4, -0.2) is 10.9 Å². The van der Waals surface area contributed by atoms with Gasteiger partial charge >= 0.3 is 0 Å². The van der Waals surface area contributed by atoms with Gasteiger partial charge in [-0.1, -0.05) is 123 Å². The van der Waals surface area contributed by atoms with Crippen LogP contribution in [0.3, 0.4) is 0 Å². The van der Waals surface area contributed by atoms with Gasteiger partial charge < -0.3 is 19.3 Å². The first-order valence-electron chi connectivity index (χ1n) is 14.3. The average molecular weight is 573 g/mol. The monoisotopic (exact) mass is 572 g/mol. The van der Waals surface area contributed by atoms with Gasteiger partial charge in [-0.2, -0.15) is 0 Å². The Bertz CT molecular complexity index is 1580. The van der Waals surface area contributed by atoms with E-state index in [0.717, 1.165) is 28.0 Å². The largest absolute Gasteiger partial charge is 0.507 e. The van der Waals surface area contributed by atoms with Crippen LogP contribution in [0, 0.1) is 0 Å². The number of hydrogen-bond acceptors (Lipinski definition) is 5. The first-order chi connectivity index (χ1) is 21.1. The molecule has 0 aromatic heterocycles. The van der Waals surface area contributed by atoms with Crippen LogP contribution in [0.4, 0.5) is 0 Å². The molecule has 5 aromatic rings. The SMILES string of the molecule is CC.O=C(/C=C/c1ccc(OCc2ccccc2)cc1)c1c(O)cc(OCc2ccccc2)cc1OCc1ccccc1. The number of phenols is 1. The molecule has 5 heteroatoms. The van der Waals surface area contributed by atoms with E-state index < -0.39 is 0 Å². The molecule has 0 saturated carbocycles. The number of allylic oxidation sites excluding steroid dienone is 1. The van der Waals surface area contributed by atoms with Crippen molar-refractivity contribution in [3.05, 3.63) is 161 Å². The summed E-state index contributed by atoms with van der Waals surface area (Å²) in [5, 5.41) is 10.9. The van der Waals surface area contributed by atoms with Gasteiger partial charge in [0.05, 0.1) is 0 Å². The molecule has 0 bridgehead atoms. The van der Waals surface area contributed by atoms with Gasteiger partial charge in [-0.25, -0.2) is 0 Å². The van der Waals surface area contributed by atoms with E-state index in [1.807, 2.05) is 129 Å². The second kappa shape index (κ2) is 16.2. The molecule has 0 fully saturated rings. The minimum Gasteiger partial charge on any atom is -0.507 e. The highest BCUT2D eigenvalue weighted by atomic mass is 16.5. The summed E-state index contributed by atoms with van der Waals surface area (Å²) < 4.78 is 17.8.